The first-order valence-electron chi connectivity index (χ1n) is 9.84. The van der Waals surface area contributed by atoms with E-state index in [1.807, 2.05) is 6.07 Å². The van der Waals surface area contributed by atoms with Crippen LogP contribution in [0.3, 0.4) is 0 Å². The Kier molecular flexibility index (Phi) is 6.58. The Balaban J connectivity index is 1.27. The standard InChI is InChI=1S/C22H21N3O8/c1-13(14-4-7-17-19(8-14)31-12-30-17)24-32-11-21(26)29-10-20-23-22(25-33-20)15-5-6-16(27-2)18(9-15)28-3/h4-9H,10-12H2,1-3H3/b24-13-. The molecule has 0 fully saturated rings. The molecule has 0 aliphatic carbocycles. The molecule has 2 heterocycles. The first kappa shape index (κ1) is 21.9. The highest BCUT2D eigenvalue weighted by Gasteiger charge is 2.15. The van der Waals surface area contributed by atoms with Crippen LogP contribution in [0.2, 0.25) is 0 Å². The number of aromatic nitrogens is 2. The van der Waals surface area contributed by atoms with Gasteiger partial charge in [0.25, 0.3) is 5.89 Å². The van der Waals surface area contributed by atoms with E-state index < -0.39 is 5.97 Å². The van der Waals surface area contributed by atoms with Crippen molar-refractivity contribution in [2.24, 2.45) is 5.16 Å². The summed E-state index contributed by atoms with van der Waals surface area (Å²) in [5.74, 6) is 2.23. The van der Waals surface area contributed by atoms with Gasteiger partial charge < -0.3 is 33.0 Å². The zero-order chi connectivity index (χ0) is 23.2. The van der Waals surface area contributed by atoms with E-state index in [9.17, 15) is 4.79 Å². The highest BCUT2D eigenvalue weighted by Crippen LogP contribution is 2.33. The number of benzene rings is 2. The van der Waals surface area contributed by atoms with Crippen LogP contribution in [0.5, 0.6) is 23.0 Å². The minimum atomic E-state index is -0.636. The topological polar surface area (TPSA) is 124 Å². The molecule has 0 saturated heterocycles. The van der Waals surface area contributed by atoms with Gasteiger partial charge in [0, 0.05) is 11.1 Å². The predicted molar refractivity (Wildman–Crippen MR) is 113 cm³/mol. The molecule has 11 heteroatoms. The van der Waals surface area contributed by atoms with E-state index in [2.05, 4.69) is 15.3 Å². The lowest BCUT2D eigenvalue weighted by molar-refractivity contribution is -0.151. The van der Waals surface area contributed by atoms with Gasteiger partial charge in [-0.2, -0.15) is 4.98 Å². The molecular weight excluding hydrogens is 434 g/mol. The van der Waals surface area contributed by atoms with Gasteiger partial charge in [0.15, 0.2) is 29.6 Å². The van der Waals surface area contributed by atoms with E-state index in [0.717, 1.165) is 5.56 Å². The number of ether oxygens (including phenoxy) is 5. The summed E-state index contributed by atoms with van der Waals surface area (Å²) < 4.78 is 31.3. The lowest BCUT2D eigenvalue weighted by atomic mass is 10.1. The Morgan fingerprint density at radius 3 is 2.70 bits per heavy atom. The van der Waals surface area contributed by atoms with Gasteiger partial charge in [-0.05, 0) is 43.3 Å². The van der Waals surface area contributed by atoms with Crippen LogP contribution in [0.25, 0.3) is 11.4 Å². The van der Waals surface area contributed by atoms with Gasteiger partial charge in [0.1, 0.15) is 0 Å². The van der Waals surface area contributed by atoms with Crippen LogP contribution in [0.4, 0.5) is 0 Å². The van der Waals surface area contributed by atoms with Gasteiger partial charge in [-0.15, -0.1) is 0 Å². The Hall–Kier alpha value is -4.28. The van der Waals surface area contributed by atoms with Crippen molar-refractivity contribution in [1.82, 2.24) is 10.1 Å². The van der Waals surface area contributed by atoms with Crippen molar-refractivity contribution >= 4 is 11.7 Å². The molecule has 0 atom stereocenters. The van der Waals surface area contributed by atoms with E-state index in [1.54, 1.807) is 44.4 Å². The van der Waals surface area contributed by atoms with Gasteiger partial charge in [-0.1, -0.05) is 10.3 Å². The molecule has 0 saturated carbocycles. The summed E-state index contributed by atoms with van der Waals surface area (Å²) >= 11 is 0. The smallest absolute Gasteiger partial charge is 0.347 e. The third-order valence-corrected chi connectivity index (χ3v) is 4.64. The van der Waals surface area contributed by atoms with E-state index in [-0.39, 0.29) is 25.9 Å². The number of carbonyl (C=O) groups is 1. The number of hydrogen-bond acceptors (Lipinski definition) is 11. The first-order valence-corrected chi connectivity index (χ1v) is 9.84. The average molecular weight is 455 g/mol. The van der Waals surface area contributed by atoms with Gasteiger partial charge in [0.2, 0.25) is 19.2 Å². The summed E-state index contributed by atoms with van der Waals surface area (Å²) in [5.41, 5.74) is 2.00. The zero-order valence-electron chi connectivity index (χ0n) is 18.2. The Labute approximate surface area is 188 Å². The fraction of sp³-hybridized carbons (Fsp3) is 0.273. The maximum absolute atomic E-state index is 11.9. The summed E-state index contributed by atoms with van der Waals surface area (Å²) in [4.78, 5) is 21.3. The Morgan fingerprint density at radius 1 is 1.06 bits per heavy atom. The summed E-state index contributed by atoms with van der Waals surface area (Å²) in [6, 6.07) is 10.6. The number of hydrogen-bond donors (Lipinski definition) is 0. The molecule has 0 amide bonds. The van der Waals surface area contributed by atoms with Crippen LogP contribution in [-0.4, -0.2) is 49.4 Å². The van der Waals surface area contributed by atoms with Crippen LogP contribution < -0.4 is 18.9 Å². The van der Waals surface area contributed by atoms with Crippen LogP contribution in [0.1, 0.15) is 18.4 Å². The molecule has 11 nitrogen and oxygen atoms in total. The maximum atomic E-state index is 11.9. The summed E-state index contributed by atoms with van der Waals surface area (Å²) in [5, 5.41) is 7.83. The molecule has 1 aliphatic heterocycles. The van der Waals surface area contributed by atoms with Crippen LogP contribution in [0.15, 0.2) is 46.1 Å². The van der Waals surface area contributed by atoms with Gasteiger partial charge >= 0.3 is 5.97 Å². The molecule has 0 bridgehead atoms. The van der Waals surface area contributed by atoms with E-state index in [4.69, 9.17) is 33.0 Å². The summed E-state index contributed by atoms with van der Waals surface area (Å²) in [6.45, 7) is 1.36. The highest BCUT2D eigenvalue weighted by atomic mass is 16.7. The van der Waals surface area contributed by atoms with Gasteiger partial charge in [0.05, 0.1) is 19.9 Å². The fourth-order valence-electron chi connectivity index (χ4n) is 2.95. The number of methoxy groups -OCH3 is 2. The quantitative estimate of drug-likeness (QED) is 0.270. The number of fused-ring (bicyclic) bond motifs is 1. The van der Waals surface area contributed by atoms with Crippen molar-refractivity contribution in [2.45, 2.75) is 13.5 Å². The van der Waals surface area contributed by atoms with Crippen molar-refractivity contribution in [3.63, 3.8) is 0 Å². The molecule has 3 aromatic rings. The van der Waals surface area contributed by atoms with E-state index >= 15 is 0 Å². The SMILES string of the molecule is COc1ccc(-c2noc(COC(=O)CO/N=C(/C)c3ccc4c(c3)OCO4)n2)cc1OC. The second kappa shape index (κ2) is 9.90. The third-order valence-electron chi connectivity index (χ3n) is 4.64. The van der Waals surface area contributed by atoms with Crippen molar-refractivity contribution in [3.8, 4) is 34.4 Å². The Morgan fingerprint density at radius 2 is 1.88 bits per heavy atom. The second-order valence-electron chi connectivity index (χ2n) is 6.76. The highest BCUT2D eigenvalue weighted by molar-refractivity contribution is 5.99. The fourth-order valence-corrected chi connectivity index (χ4v) is 2.95. The summed E-state index contributed by atoms with van der Waals surface area (Å²) in [6.07, 6.45) is 0. The summed E-state index contributed by atoms with van der Waals surface area (Å²) in [7, 11) is 3.08. The first-order chi connectivity index (χ1) is 16.1. The van der Waals surface area contributed by atoms with Crippen LogP contribution in [-0.2, 0) is 21.0 Å². The van der Waals surface area contributed by atoms with Crippen molar-refractivity contribution in [2.75, 3.05) is 27.6 Å². The second-order valence-corrected chi connectivity index (χ2v) is 6.76. The predicted octanol–water partition coefficient (Wildman–Crippen LogP) is 2.97. The number of nitrogens with zero attached hydrogens (tertiary/aromatic N) is 3. The number of oxime groups is 1. The molecule has 1 aliphatic rings. The number of rotatable bonds is 9. The lowest BCUT2D eigenvalue weighted by Gasteiger charge is -2.07. The number of esters is 1. The minimum absolute atomic E-state index is 0.133. The van der Waals surface area contributed by atoms with Crippen molar-refractivity contribution < 1.29 is 37.8 Å². The van der Waals surface area contributed by atoms with Crippen molar-refractivity contribution in [1.29, 1.82) is 0 Å². The largest absolute Gasteiger partial charge is 0.493 e. The van der Waals surface area contributed by atoms with Gasteiger partial charge in [-0.3, -0.25) is 0 Å². The molecule has 4 rings (SSSR count). The van der Waals surface area contributed by atoms with Gasteiger partial charge in [-0.25, -0.2) is 4.79 Å². The molecule has 0 radical (unpaired) electrons. The van der Waals surface area contributed by atoms with E-state index in [1.165, 1.54) is 7.11 Å². The molecule has 33 heavy (non-hydrogen) atoms. The molecule has 172 valence electrons. The zero-order valence-corrected chi connectivity index (χ0v) is 18.2. The molecule has 2 aromatic carbocycles. The molecular formula is C22H21N3O8. The molecule has 0 N–H and O–H groups in total. The lowest BCUT2D eigenvalue weighted by Crippen LogP contribution is -2.11. The monoisotopic (exact) mass is 455 g/mol. The molecule has 0 unspecified atom stereocenters. The average Bonchev–Trinajstić information content (AvgIpc) is 3.51. The molecule has 0 spiro atoms. The third kappa shape index (κ3) is 5.14. The van der Waals surface area contributed by atoms with E-state index in [0.29, 0.717) is 40.1 Å². The maximum Gasteiger partial charge on any atom is 0.347 e. The van der Waals surface area contributed by atoms with Crippen LogP contribution >= 0.6 is 0 Å². The number of carbonyl (C=O) groups excluding carboxylic acids is 1. The van der Waals surface area contributed by atoms with Crippen molar-refractivity contribution in [3.05, 3.63) is 47.9 Å². The van der Waals surface area contributed by atoms with Crippen LogP contribution in [0, 0.1) is 0 Å². The normalized spacial score (nSPS) is 12.4. The molecule has 1 aromatic heterocycles. The Bertz CT molecular complexity index is 1170. The minimum Gasteiger partial charge on any atom is -0.493 e.